The van der Waals surface area contributed by atoms with E-state index in [0.717, 1.165) is 32.1 Å². The van der Waals surface area contributed by atoms with Gasteiger partial charge >= 0.3 is 5.97 Å². The molecule has 3 nitrogen and oxygen atoms in total. The zero-order chi connectivity index (χ0) is 11.8. The molecule has 0 aromatic carbocycles. The number of carbonyl (C=O) groups excluding carboxylic acids is 1. The van der Waals surface area contributed by atoms with Crippen molar-refractivity contribution in [1.29, 1.82) is 0 Å². The van der Waals surface area contributed by atoms with Crippen molar-refractivity contribution in [3.8, 4) is 0 Å². The fourth-order valence-corrected chi connectivity index (χ4v) is 2.96. The highest BCUT2D eigenvalue weighted by Gasteiger charge is 2.59. The van der Waals surface area contributed by atoms with Crippen LogP contribution < -0.4 is 0 Å². The Labute approximate surface area is 97.5 Å². The molecule has 2 unspecified atom stereocenters. The molecule has 2 aliphatic heterocycles. The number of carbonyl (C=O) groups is 1. The average molecular weight is 226 g/mol. The van der Waals surface area contributed by atoms with Gasteiger partial charge in [-0.3, -0.25) is 4.79 Å². The fourth-order valence-electron chi connectivity index (χ4n) is 2.96. The number of rotatable bonds is 4. The lowest BCUT2D eigenvalue weighted by Crippen LogP contribution is -2.37. The first-order chi connectivity index (χ1) is 7.49. The maximum atomic E-state index is 12.0. The molecule has 92 valence electrons. The molecule has 2 bridgehead atoms. The molecule has 0 aromatic heterocycles. The molecular formula is C13H22O3. The van der Waals surface area contributed by atoms with Crippen LogP contribution in [0.5, 0.6) is 0 Å². The third-order valence-corrected chi connectivity index (χ3v) is 4.03. The van der Waals surface area contributed by atoms with Gasteiger partial charge in [0.25, 0.3) is 0 Å². The Balaban J connectivity index is 1.93. The predicted molar refractivity (Wildman–Crippen MR) is 61.1 cm³/mol. The van der Waals surface area contributed by atoms with Crippen molar-refractivity contribution in [2.45, 2.75) is 64.1 Å². The molecule has 0 saturated carbocycles. The zero-order valence-corrected chi connectivity index (χ0v) is 10.5. The van der Waals surface area contributed by atoms with Crippen molar-refractivity contribution in [3.63, 3.8) is 0 Å². The van der Waals surface area contributed by atoms with Crippen LogP contribution >= 0.6 is 0 Å². The maximum Gasteiger partial charge on any atom is 0.311 e. The third kappa shape index (κ3) is 1.97. The SMILES string of the molecule is CCCCOC(=O)[C@@H]1CC2(C)CCC1(C)O2. The van der Waals surface area contributed by atoms with Gasteiger partial charge in [-0.2, -0.15) is 0 Å². The van der Waals surface area contributed by atoms with Crippen molar-refractivity contribution in [3.05, 3.63) is 0 Å². The molecule has 0 radical (unpaired) electrons. The summed E-state index contributed by atoms with van der Waals surface area (Å²) in [6.45, 7) is 6.81. The molecule has 3 heteroatoms. The van der Waals surface area contributed by atoms with Crippen LogP contribution in [0.2, 0.25) is 0 Å². The van der Waals surface area contributed by atoms with Gasteiger partial charge in [-0.05, 0) is 39.5 Å². The summed E-state index contributed by atoms with van der Waals surface area (Å²) < 4.78 is 11.3. The van der Waals surface area contributed by atoms with Gasteiger partial charge in [0.15, 0.2) is 0 Å². The van der Waals surface area contributed by atoms with Gasteiger partial charge in [0, 0.05) is 0 Å². The lowest BCUT2D eigenvalue weighted by Gasteiger charge is -2.27. The standard InChI is InChI=1S/C13H22O3/c1-4-5-8-15-11(14)10-9-12(2)6-7-13(10,3)16-12/h10H,4-9H2,1-3H3/t10-,12?,13?/m0/s1. The van der Waals surface area contributed by atoms with E-state index in [2.05, 4.69) is 20.8 Å². The van der Waals surface area contributed by atoms with Gasteiger partial charge in [-0.15, -0.1) is 0 Å². The van der Waals surface area contributed by atoms with Gasteiger partial charge in [0.1, 0.15) is 0 Å². The Kier molecular flexibility index (Phi) is 2.99. The Bertz CT molecular complexity index is 289. The number of hydrogen-bond donors (Lipinski definition) is 0. The van der Waals surface area contributed by atoms with Crippen LogP contribution in [0.1, 0.15) is 52.9 Å². The van der Waals surface area contributed by atoms with E-state index < -0.39 is 0 Å². The Hall–Kier alpha value is -0.570. The van der Waals surface area contributed by atoms with E-state index in [1.165, 1.54) is 0 Å². The predicted octanol–water partition coefficient (Wildman–Crippen LogP) is 2.68. The molecule has 2 fully saturated rings. The largest absolute Gasteiger partial charge is 0.465 e. The second-order valence-corrected chi connectivity index (χ2v) is 5.64. The summed E-state index contributed by atoms with van der Waals surface area (Å²) in [5.74, 6) is -0.109. The van der Waals surface area contributed by atoms with E-state index in [4.69, 9.17) is 9.47 Å². The topological polar surface area (TPSA) is 35.5 Å². The summed E-state index contributed by atoms with van der Waals surface area (Å²) in [6.07, 6.45) is 4.89. The second-order valence-electron chi connectivity index (χ2n) is 5.64. The van der Waals surface area contributed by atoms with Crippen molar-refractivity contribution >= 4 is 5.97 Å². The molecular weight excluding hydrogens is 204 g/mol. The van der Waals surface area contributed by atoms with E-state index in [1.54, 1.807) is 0 Å². The molecule has 2 aliphatic rings. The molecule has 3 atom stereocenters. The summed E-state index contributed by atoms with van der Waals surface area (Å²) in [7, 11) is 0. The smallest absolute Gasteiger partial charge is 0.311 e. The summed E-state index contributed by atoms with van der Waals surface area (Å²) in [5.41, 5.74) is -0.346. The van der Waals surface area contributed by atoms with Gasteiger partial charge in [0.05, 0.1) is 23.7 Å². The van der Waals surface area contributed by atoms with Crippen LogP contribution in [0.15, 0.2) is 0 Å². The minimum absolute atomic E-state index is 0.0527. The van der Waals surface area contributed by atoms with Crippen LogP contribution in [0.3, 0.4) is 0 Å². The van der Waals surface area contributed by atoms with E-state index in [9.17, 15) is 4.79 Å². The van der Waals surface area contributed by atoms with E-state index in [0.29, 0.717) is 6.61 Å². The van der Waals surface area contributed by atoms with Crippen molar-refractivity contribution in [2.75, 3.05) is 6.61 Å². The third-order valence-electron chi connectivity index (χ3n) is 4.03. The van der Waals surface area contributed by atoms with E-state index >= 15 is 0 Å². The molecule has 0 aromatic rings. The minimum atomic E-state index is -0.266. The molecule has 0 N–H and O–H groups in total. The highest BCUT2D eigenvalue weighted by Crippen LogP contribution is 2.54. The van der Waals surface area contributed by atoms with Crippen LogP contribution in [0.25, 0.3) is 0 Å². The van der Waals surface area contributed by atoms with E-state index in [1.807, 2.05) is 0 Å². The molecule has 0 spiro atoms. The zero-order valence-electron chi connectivity index (χ0n) is 10.5. The first-order valence-corrected chi connectivity index (χ1v) is 6.36. The van der Waals surface area contributed by atoms with Gasteiger partial charge in [-0.25, -0.2) is 0 Å². The lowest BCUT2D eigenvalue weighted by molar-refractivity contribution is -0.154. The molecule has 2 heterocycles. The first-order valence-electron chi connectivity index (χ1n) is 6.36. The van der Waals surface area contributed by atoms with Crippen molar-refractivity contribution < 1.29 is 14.3 Å². The molecule has 0 aliphatic carbocycles. The molecule has 16 heavy (non-hydrogen) atoms. The number of hydrogen-bond acceptors (Lipinski definition) is 3. The van der Waals surface area contributed by atoms with Crippen molar-refractivity contribution in [1.82, 2.24) is 0 Å². The maximum absolute atomic E-state index is 12.0. The Morgan fingerprint density at radius 2 is 2.19 bits per heavy atom. The van der Waals surface area contributed by atoms with Crippen molar-refractivity contribution in [2.24, 2.45) is 5.92 Å². The number of fused-ring (bicyclic) bond motifs is 2. The van der Waals surface area contributed by atoms with E-state index in [-0.39, 0.29) is 23.1 Å². The van der Waals surface area contributed by atoms with Crippen LogP contribution in [-0.4, -0.2) is 23.8 Å². The molecule has 2 saturated heterocycles. The molecule has 0 amide bonds. The highest BCUT2D eigenvalue weighted by molar-refractivity contribution is 5.74. The first kappa shape index (κ1) is 11.9. The van der Waals surface area contributed by atoms with Crippen LogP contribution in [-0.2, 0) is 14.3 Å². The summed E-state index contributed by atoms with van der Waals surface area (Å²) in [6, 6.07) is 0. The van der Waals surface area contributed by atoms with Gasteiger partial charge in [-0.1, -0.05) is 13.3 Å². The highest BCUT2D eigenvalue weighted by atomic mass is 16.6. The average Bonchev–Trinajstić information content (AvgIpc) is 2.66. The number of ether oxygens (including phenoxy) is 2. The minimum Gasteiger partial charge on any atom is -0.465 e. The Morgan fingerprint density at radius 3 is 2.69 bits per heavy atom. The Morgan fingerprint density at radius 1 is 1.44 bits per heavy atom. The summed E-state index contributed by atoms with van der Waals surface area (Å²) in [4.78, 5) is 12.0. The fraction of sp³-hybridized carbons (Fsp3) is 0.923. The lowest BCUT2D eigenvalue weighted by atomic mass is 9.75. The van der Waals surface area contributed by atoms with Crippen LogP contribution in [0, 0.1) is 5.92 Å². The van der Waals surface area contributed by atoms with Crippen LogP contribution in [0.4, 0.5) is 0 Å². The number of unbranched alkanes of at least 4 members (excludes halogenated alkanes) is 1. The van der Waals surface area contributed by atoms with Gasteiger partial charge in [0.2, 0.25) is 0 Å². The number of esters is 1. The van der Waals surface area contributed by atoms with Gasteiger partial charge < -0.3 is 9.47 Å². The quantitative estimate of drug-likeness (QED) is 0.546. The monoisotopic (exact) mass is 226 g/mol. The normalized spacial score (nSPS) is 41.3. The second kappa shape index (κ2) is 4.02. The summed E-state index contributed by atoms with van der Waals surface area (Å²) in [5, 5.41) is 0. The molecule has 2 rings (SSSR count). The summed E-state index contributed by atoms with van der Waals surface area (Å²) >= 11 is 0.